The molecule has 0 aromatic rings. The summed E-state index contributed by atoms with van der Waals surface area (Å²) in [4.78, 5) is 20.6. The van der Waals surface area contributed by atoms with Crippen molar-refractivity contribution in [3.63, 3.8) is 0 Å². The van der Waals surface area contributed by atoms with Crippen molar-refractivity contribution in [1.82, 2.24) is 0 Å². The molecule has 0 spiro atoms. The second-order valence-electron chi connectivity index (χ2n) is 5.75. The highest BCUT2D eigenvalue weighted by Gasteiger charge is 2.43. The van der Waals surface area contributed by atoms with E-state index in [4.69, 9.17) is 41.1 Å². The maximum absolute atomic E-state index is 10.7. The number of esters is 1. The first kappa shape index (κ1) is 25.7. The van der Waals surface area contributed by atoms with E-state index in [2.05, 4.69) is 4.74 Å². The van der Waals surface area contributed by atoms with Gasteiger partial charge in [0, 0.05) is 6.92 Å². The van der Waals surface area contributed by atoms with Crippen LogP contribution in [0.3, 0.4) is 0 Å². The van der Waals surface area contributed by atoms with E-state index < -0.39 is 74.2 Å². The lowest BCUT2D eigenvalue weighted by Gasteiger charge is -2.39. The van der Waals surface area contributed by atoms with Crippen LogP contribution in [-0.2, 0) is 19.1 Å². The fourth-order valence-corrected chi connectivity index (χ4v) is 1.99. The number of aldehydes is 1. The monoisotopic (exact) mass is 401 g/mol. The van der Waals surface area contributed by atoms with Gasteiger partial charge in [-0.3, -0.25) is 4.79 Å². The van der Waals surface area contributed by atoms with Gasteiger partial charge >= 0.3 is 5.97 Å². The Bertz CT molecular complexity index is 450. The molecule has 0 saturated carbocycles. The third-order valence-electron chi connectivity index (χ3n) is 3.63. The van der Waals surface area contributed by atoms with Gasteiger partial charge in [0.1, 0.15) is 42.7 Å². The highest BCUT2D eigenvalue weighted by molar-refractivity contribution is 5.66. The van der Waals surface area contributed by atoms with Crippen LogP contribution < -0.4 is 5.73 Å². The first-order valence-electron chi connectivity index (χ1n) is 7.85. The Kier molecular flexibility index (Phi) is 11.7. The molecule has 9 atom stereocenters. The molecule has 1 rings (SSSR count). The van der Waals surface area contributed by atoms with E-state index in [0.717, 1.165) is 0 Å². The predicted octanol–water partition coefficient (Wildman–Crippen LogP) is -6.06. The molecular formula is C14H27NO12. The molecule has 1 aliphatic heterocycles. The van der Waals surface area contributed by atoms with Crippen molar-refractivity contribution in [2.24, 2.45) is 5.73 Å². The van der Waals surface area contributed by atoms with Gasteiger partial charge in [-0.2, -0.15) is 0 Å². The summed E-state index contributed by atoms with van der Waals surface area (Å²) in [6, 6.07) is -1.04. The summed E-state index contributed by atoms with van der Waals surface area (Å²) in [6.07, 6.45) is -11.6. The number of ether oxygens (including phenoxy) is 2. The second-order valence-corrected chi connectivity index (χ2v) is 5.75. The van der Waals surface area contributed by atoms with Crippen LogP contribution in [0.1, 0.15) is 6.92 Å². The van der Waals surface area contributed by atoms with E-state index in [0.29, 0.717) is 0 Å². The molecule has 13 nitrogen and oxygen atoms in total. The van der Waals surface area contributed by atoms with Crippen LogP contribution in [0.25, 0.3) is 0 Å². The van der Waals surface area contributed by atoms with Crippen molar-refractivity contribution < 1.29 is 59.9 Å². The Morgan fingerprint density at radius 2 is 1.70 bits per heavy atom. The van der Waals surface area contributed by atoms with Crippen molar-refractivity contribution in [1.29, 1.82) is 0 Å². The number of hydrogen-bond acceptors (Lipinski definition) is 13. The Labute approximate surface area is 154 Å². The number of hydrogen-bond donors (Lipinski definition) is 9. The third-order valence-corrected chi connectivity index (χ3v) is 3.63. The Morgan fingerprint density at radius 1 is 1.15 bits per heavy atom. The first-order chi connectivity index (χ1) is 12.5. The minimum absolute atomic E-state index is 0.0258. The van der Waals surface area contributed by atoms with Crippen LogP contribution in [0.4, 0.5) is 0 Å². The van der Waals surface area contributed by atoms with Crippen LogP contribution in [0.15, 0.2) is 0 Å². The van der Waals surface area contributed by atoms with Gasteiger partial charge in [-0.25, -0.2) is 0 Å². The Morgan fingerprint density at radius 3 is 2.11 bits per heavy atom. The molecule has 13 heteroatoms. The van der Waals surface area contributed by atoms with E-state index in [1.165, 1.54) is 6.92 Å². The average molecular weight is 401 g/mol. The highest BCUT2D eigenvalue weighted by atomic mass is 16.7. The maximum atomic E-state index is 10.7. The number of aliphatic hydroxyl groups excluding tert-OH is 8. The molecule has 0 amide bonds. The molecule has 0 radical (unpaired) electrons. The summed E-state index contributed by atoms with van der Waals surface area (Å²) in [7, 11) is 0. The van der Waals surface area contributed by atoms with Gasteiger partial charge < -0.3 is 60.9 Å². The van der Waals surface area contributed by atoms with Crippen molar-refractivity contribution in [2.45, 2.75) is 62.0 Å². The molecule has 0 aromatic carbocycles. The molecular weight excluding hydrogens is 374 g/mol. The molecule has 0 aromatic heterocycles. The summed E-state index contributed by atoms with van der Waals surface area (Å²) in [5, 5.41) is 71.3. The molecule has 10 N–H and O–H groups in total. The van der Waals surface area contributed by atoms with Gasteiger partial charge in [0.2, 0.25) is 6.29 Å². The molecule has 1 saturated heterocycles. The van der Waals surface area contributed by atoms with E-state index >= 15 is 0 Å². The minimum Gasteiger partial charge on any atom is -0.434 e. The SMILES string of the molecule is CC(=O)OC1O[C@H](CO)[C@H](O)[C@H](O)[C@H]1N.O=CC(O)C(O)C(O)C(O)CO. The molecule has 0 bridgehead atoms. The van der Waals surface area contributed by atoms with Crippen LogP contribution in [0, 0.1) is 0 Å². The van der Waals surface area contributed by atoms with Gasteiger partial charge in [0.05, 0.1) is 19.3 Å². The normalized spacial score (nSPS) is 32.3. The smallest absolute Gasteiger partial charge is 0.304 e. The topological polar surface area (TPSA) is 240 Å². The summed E-state index contributed by atoms with van der Waals surface area (Å²) in [5.41, 5.74) is 5.48. The zero-order chi connectivity index (χ0) is 21.3. The zero-order valence-electron chi connectivity index (χ0n) is 14.5. The molecule has 1 aliphatic rings. The van der Waals surface area contributed by atoms with Crippen molar-refractivity contribution in [2.75, 3.05) is 13.2 Å². The number of carbonyl (C=O) groups is 2. The lowest BCUT2D eigenvalue weighted by Crippen LogP contribution is -2.62. The standard InChI is InChI=1S/C8H15NO6.C6H12O6/c1-3(11)14-8-5(9)7(13)6(12)4(2-10)15-8;7-1-3(9)5(11)6(12)4(10)2-8/h4-8,10,12-13H,2,9H2,1H3;1,3-6,8-12H,2H2/t4-,5-,6+,7-,8?;/m1./s1. The Hall–Kier alpha value is -1.26. The molecule has 0 aliphatic carbocycles. The van der Waals surface area contributed by atoms with Crippen LogP contribution in [0.5, 0.6) is 0 Å². The fraction of sp³-hybridized carbons (Fsp3) is 0.857. The van der Waals surface area contributed by atoms with E-state index in [1.807, 2.05) is 0 Å². The van der Waals surface area contributed by atoms with Crippen LogP contribution in [-0.4, -0.2) is 121 Å². The van der Waals surface area contributed by atoms with Crippen LogP contribution >= 0.6 is 0 Å². The maximum Gasteiger partial charge on any atom is 0.304 e. The Balaban J connectivity index is 0.000000516. The number of nitrogens with two attached hydrogens (primary N) is 1. The van der Waals surface area contributed by atoms with Gasteiger partial charge in [-0.1, -0.05) is 0 Å². The van der Waals surface area contributed by atoms with Gasteiger partial charge in [0.15, 0.2) is 6.29 Å². The van der Waals surface area contributed by atoms with Crippen molar-refractivity contribution in [3.8, 4) is 0 Å². The van der Waals surface area contributed by atoms with Crippen molar-refractivity contribution in [3.05, 3.63) is 0 Å². The summed E-state index contributed by atoms with van der Waals surface area (Å²) in [6.45, 7) is -0.0893. The van der Waals surface area contributed by atoms with Gasteiger partial charge in [-0.15, -0.1) is 0 Å². The molecule has 27 heavy (non-hydrogen) atoms. The second kappa shape index (κ2) is 12.2. The van der Waals surface area contributed by atoms with Crippen LogP contribution in [0.2, 0.25) is 0 Å². The number of aliphatic hydroxyl groups is 8. The largest absolute Gasteiger partial charge is 0.434 e. The van der Waals surface area contributed by atoms with E-state index in [9.17, 15) is 19.8 Å². The lowest BCUT2D eigenvalue weighted by atomic mass is 9.98. The quantitative estimate of drug-likeness (QED) is 0.143. The number of rotatable bonds is 7. The molecule has 5 unspecified atom stereocenters. The summed E-state index contributed by atoms with van der Waals surface area (Å²) < 4.78 is 9.70. The minimum atomic E-state index is -1.79. The lowest BCUT2D eigenvalue weighted by molar-refractivity contribution is -0.258. The highest BCUT2D eigenvalue weighted by Crippen LogP contribution is 2.20. The first-order valence-corrected chi connectivity index (χ1v) is 7.85. The summed E-state index contributed by atoms with van der Waals surface area (Å²) >= 11 is 0. The predicted molar refractivity (Wildman–Crippen MR) is 84.7 cm³/mol. The molecule has 1 heterocycles. The van der Waals surface area contributed by atoms with Gasteiger partial charge in [0.25, 0.3) is 0 Å². The summed E-state index contributed by atoms with van der Waals surface area (Å²) in [5.74, 6) is -0.615. The fourth-order valence-electron chi connectivity index (χ4n) is 1.99. The zero-order valence-corrected chi connectivity index (χ0v) is 14.5. The molecule has 1 fully saturated rings. The third kappa shape index (κ3) is 7.71. The van der Waals surface area contributed by atoms with E-state index in [1.54, 1.807) is 0 Å². The average Bonchev–Trinajstić information content (AvgIpc) is 2.65. The van der Waals surface area contributed by atoms with Gasteiger partial charge in [-0.05, 0) is 0 Å². The molecule has 160 valence electrons. The number of carbonyl (C=O) groups excluding carboxylic acids is 2. The van der Waals surface area contributed by atoms with Crippen molar-refractivity contribution >= 4 is 12.3 Å². The van der Waals surface area contributed by atoms with E-state index in [-0.39, 0.29) is 6.29 Å².